The van der Waals surface area contributed by atoms with E-state index in [0.29, 0.717) is 40.5 Å². The maximum atomic E-state index is 14.5. The fourth-order valence-electron chi connectivity index (χ4n) is 5.74. The summed E-state index contributed by atoms with van der Waals surface area (Å²) in [6.45, 7) is 2.22. The van der Waals surface area contributed by atoms with Gasteiger partial charge in [-0.2, -0.15) is 5.10 Å². The van der Waals surface area contributed by atoms with Crippen LogP contribution in [0.4, 0.5) is 0 Å². The first-order valence-electron chi connectivity index (χ1n) is 13.6. The summed E-state index contributed by atoms with van der Waals surface area (Å²) in [5.41, 5.74) is 2.06. The van der Waals surface area contributed by atoms with Crippen LogP contribution in [0.1, 0.15) is 48.2 Å². The molecule has 2 aliphatic carbocycles. The van der Waals surface area contributed by atoms with Crippen LogP contribution in [0.25, 0.3) is 21.5 Å². The summed E-state index contributed by atoms with van der Waals surface area (Å²) >= 11 is 7.88. The molecule has 5 heterocycles. The number of nitrogens with zero attached hydrogens (tertiary/aromatic N) is 6. The molecule has 2 unspecified atom stereocenters. The van der Waals surface area contributed by atoms with Crippen molar-refractivity contribution in [3.63, 3.8) is 0 Å². The van der Waals surface area contributed by atoms with Crippen LogP contribution >= 0.6 is 22.9 Å². The number of aliphatic hydroxyl groups is 1. The largest absolute Gasteiger partial charge is 0.383 e. The molecule has 9 nitrogen and oxygen atoms in total. The van der Waals surface area contributed by atoms with Gasteiger partial charge in [-0.3, -0.25) is 9.67 Å². The number of aromatic nitrogens is 6. The van der Waals surface area contributed by atoms with Gasteiger partial charge in [-0.05, 0) is 73.7 Å². The molecule has 7 rings (SSSR count). The van der Waals surface area contributed by atoms with E-state index in [4.69, 9.17) is 11.6 Å². The van der Waals surface area contributed by atoms with Crippen LogP contribution in [-0.2, 0) is 22.2 Å². The van der Waals surface area contributed by atoms with E-state index in [1.807, 2.05) is 30.5 Å². The Bertz CT molecular complexity index is 1970. The predicted octanol–water partition coefficient (Wildman–Crippen LogP) is 5.58. The van der Waals surface area contributed by atoms with Crippen molar-refractivity contribution in [1.29, 1.82) is 0 Å². The Morgan fingerprint density at radius 3 is 2.69 bits per heavy atom. The highest BCUT2D eigenvalue weighted by atomic mass is 35.5. The van der Waals surface area contributed by atoms with Gasteiger partial charge in [0.15, 0.2) is 5.65 Å². The Balaban J connectivity index is 1.27. The molecule has 42 heavy (non-hydrogen) atoms. The molecule has 2 aliphatic rings. The molecular formula is C30H27ClN6O3S2. The van der Waals surface area contributed by atoms with Gasteiger partial charge in [0.2, 0.25) is 10.0 Å². The molecule has 0 bridgehead atoms. The average molecular weight is 619 g/mol. The molecule has 1 N–H and O–H groups in total. The predicted molar refractivity (Wildman–Crippen MR) is 163 cm³/mol. The van der Waals surface area contributed by atoms with Gasteiger partial charge in [0.1, 0.15) is 15.4 Å². The third-order valence-corrected chi connectivity index (χ3v) is 12.1. The zero-order chi connectivity index (χ0) is 29.1. The van der Waals surface area contributed by atoms with Gasteiger partial charge >= 0.3 is 0 Å². The highest BCUT2D eigenvalue weighted by molar-refractivity contribution is 7.91. The summed E-state index contributed by atoms with van der Waals surface area (Å²) in [6.07, 6.45) is 19.5. The monoisotopic (exact) mass is 618 g/mol. The van der Waals surface area contributed by atoms with Crippen LogP contribution in [0, 0.1) is 0 Å². The van der Waals surface area contributed by atoms with Gasteiger partial charge in [-0.15, -0.1) is 11.3 Å². The molecule has 0 aliphatic heterocycles. The first-order chi connectivity index (χ1) is 20.2. The van der Waals surface area contributed by atoms with Gasteiger partial charge in [0.05, 0.1) is 17.6 Å². The zero-order valence-electron chi connectivity index (χ0n) is 22.6. The van der Waals surface area contributed by atoms with E-state index in [2.05, 4.69) is 20.1 Å². The molecule has 12 heteroatoms. The Kier molecular flexibility index (Phi) is 6.46. The van der Waals surface area contributed by atoms with Crippen LogP contribution < -0.4 is 0 Å². The number of pyridine rings is 2. The third-order valence-electron chi connectivity index (χ3n) is 8.32. The van der Waals surface area contributed by atoms with Gasteiger partial charge in [-0.1, -0.05) is 17.7 Å². The van der Waals surface area contributed by atoms with E-state index in [-0.39, 0.29) is 0 Å². The number of fused-ring (bicyclic) bond motifs is 1. The van der Waals surface area contributed by atoms with Crippen LogP contribution in [0.3, 0.4) is 0 Å². The zero-order valence-corrected chi connectivity index (χ0v) is 25.0. The summed E-state index contributed by atoms with van der Waals surface area (Å²) in [4.78, 5) is 13.9. The lowest BCUT2D eigenvalue weighted by atomic mass is 9.81. The first kappa shape index (κ1) is 27.2. The fraction of sp³-hybridized carbons (Fsp3) is 0.267. The summed E-state index contributed by atoms with van der Waals surface area (Å²) in [5.74, 6) is -0.552. The SMILES string of the molecule is CC1(S(=O)(=O)n2ccc3c(-c4cnc(C5(O)CCC5)s4)ccnc32)C=C(Cl)C=CC1c1cnn(Cc2ccncc2)c1. The summed E-state index contributed by atoms with van der Waals surface area (Å²) in [5, 5.41) is 17.0. The first-order valence-corrected chi connectivity index (χ1v) is 16.2. The lowest BCUT2D eigenvalue weighted by molar-refractivity contribution is -0.0389. The second kappa shape index (κ2) is 9.98. The van der Waals surface area contributed by atoms with Crippen LogP contribution in [0.2, 0.25) is 0 Å². The lowest BCUT2D eigenvalue weighted by Crippen LogP contribution is -2.43. The number of halogens is 1. The molecule has 0 spiro atoms. The topological polar surface area (TPSA) is 116 Å². The fourth-order valence-corrected chi connectivity index (χ4v) is 9.04. The number of hydrogen-bond donors (Lipinski definition) is 1. The molecule has 1 saturated carbocycles. The molecular weight excluding hydrogens is 592 g/mol. The quantitative estimate of drug-likeness (QED) is 0.253. The van der Waals surface area contributed by atoms with E-state index in [1.54, 1.807) is 67.0 Å². The second-order valence-corrected chi connectivity index (χ2v) is 14.7. The van der Waals surface area contributed by atoms with Crippen molar-refractivity contribution < 1.29 is 13.5 Å². The van der Waals surface area contributed by atoms with Gasteiger partial charge in [0.25, 0.3) is 0 Å². The number of rotatable bonds is 7. The van der Waals surface area contributed by atoms with Crippen molar-refractivity contribution in [3.8, 4) is 10.4 Å². The Labute approximate surface area is 251 Å². The van der Waals surface area contributed by atoms with Crippen LogP contribution in [0.5, 0.6) is 0 Å². The maximum Gasteiger partial charge on any atom is 0.250 e. The lowest BCUT2D eigenvalue weighted by Gasteiger charge is -2.35. The highest BCUT2D eigenvalue weighted by Crippen LogP contribution is 2.46. The van der Waals surface area contributed by atoms with Crippen LogP contribution in [-0.4, -0.2) is 47.0 Å². The van der Waals surface area contributed by atoms with Crippen molar-refractivity contribution in [2.24, 2.45) is 0 Å². The van der Waals surface area contributed by atoms with E-state index >= 15 is 0 Å². The van der Waals surface area contributed by atoms with Crippen molar-refractivity contribution in [2.75, 3.05) is 0 Å². The summed E-state index contributed by atoms with van der Waals surface area (Å²) in [6, 6.07) is 7.45. The van der Waals surface area contributed by atoms with E-state index in [9.17, 15) is 13.5 Å². The molecule has 5 aromatic rings. The molecule has 5 aromatic heterocycles. The minimum absolute atomic E-state index is 0.317. The standard InChI is InChI=1S/C30H27ClN6O3S2/c1-29(15-22(31)3-4-25(29)21-16-35-36(19-21)18-20-5-11-32-12-6-20)42(39,40)37-14-8-24-23(7-13-33-27(24)37)26-17-34-28(41-26)30(38)9-2-10-30/h3-8,11-17,19,25,38H,2,9-10,18H2,1H3. The van der Waals surface area contributed by atoms with Crippen molar-refractivity contribution in [2.45, 2.75) is 49.0 Å². The Morgan fingerprint density at radius 2 is 1.93 bits per heavy atom. The third kappa shape index (κ3) is 4.34. The molecule has 214 valence electrons. The smallest absolute Gasteiger partial charge is 0.250 e. The van der Waals surface area contributed by atoms with E-state index in [1.165, 1.54) is 15.3 Å². The maximum absolute atomic E-state index is 14.5. The second-order valence-electron chi connectivity index (χ2n) is 11.0. The van der Waals surface area contributed by atoms with Gasteiger partial charge < -0.3 is 5.11 Å². The van der Waals surface area contributed by atoms with E-state index < -0.39 is 26.3 Å². The summed E-state index contributed by atoms with van der Waals surface area (Å²) < 4.78 is 30.7. The normalized spacial score (nSPS) is 21.8. The van der Waals surface area contributed by atoms with Crippen molar-refractivity contribution in [3.05, 3.63) is 107 Å². The summed E-state index contributed by atoms with van der Waals surface area (Å²) in [7, 11) is -4.09. The van der Waals surface area contributed by atoms with Crippen molar-refractivity contribution in [1.82, 2.24) is 28.7 Å². The minimum Gasteiger partial charge on any atom is -0.383 e. The number of hydrogen-bond acceptors (Lipinski definition) is 8. The Hall–Kier alpha value is -3.64. The number of allylic oxidation sites excluding steroid dienone is 3. The van der Waals surface area contributed by atoms with Crippen molar-refractivity contribution >= 4 is 44.0 Å². The number of thiazole rings is 1. The van der Waals surface area contributed by atoms with E-state index in [0.717, 1.165) is 28.0 Å². The molecule has 2 atom stereocenters. The molecule has 1 fully saturated rings. The molecule has 0 radical (unpaired) electrons. The molecule has 0 saturated heterocycles. The Morgan fingerprint density at radius 1 is 1.12 bits per heavy atom. The minimum atomic E-state index is -4.09. The molecule has 0 aromatic carbocycles. The van der Waals surface area contributed by atoms with Gasteiger partial charge in [0, 0.05) is 59.1 Å². The average Bonchev–Trinajstić information content (AvgIpc) is 3.72. The van der Waals surface area contributed by atoms with Crippen LogP contribution in [0.15, 0.2) is 90.9 Å². The van der Waals surface area contributed by atoms with Gasteiger partial charge in [-0.25, -0.2) is 22.4 Å². The highest BCUT2D eigenvalue weighted by Gasteiger charge is 2.48. The molecule has 0 amide bonds.